The molecule has 0 saturated carbocycles. The summed E-state index contributed by atoms with van der Waals surface area (Å²) in [6.45, 7) is 1.30. The molecule has 0 radical (unpaired) electrons. The van der Waals surface area contributed by atoms with Crippen LogP contribution in [0.4, 0.5) is 8.78 Å². The lowest BCUT2D eigenvalue weighted by Crippen LogP contribution is -2.36. The monoisotopic (exact) mass is 430 g/mol. The largest absolute Gasteiger partial charge is 0.435 e. The predicted molar refractivity (Wildman–Crippen MR) is 107 cm³/mol. The maximum atomic E-state index is 13.2. The van der Waals surface area contributed by atoms with Crippen LogP contribution >= 0.6 is 0 Å². The van der Waals surface area contributed by atoms with Crippen LogP contribution in [0.1, 0.15) is 30.4 Å². The van der Waals surface area contributed by atoms with E-state index in [0.29, 0.717) is 44.0 Å². The zero-order valence-electron chi connectivity index (χ0n) is 16.6. The first-order valence-corrected chi connectivity index (χ1v) is 11.3. The lowest BCUT2D eigenvalue weighted by Gasteiger charge is -2.25. The van der Waals surface area contributed by atoms with Gasteiger partial charge in [-0.2, -0.15) is 13.1 Å². The second-order valence-corrected chi connectivity index (χ2v) is 9.29. The third-order valence-electron chi connectivity index (χ3n) is 5.34. The molecule has 29 heavy (non-hydrogen) atoms. The molecule has 9 heteroatoms. The third-order valence-corrected chi connectivity index (χ3v) is 7.37. The Morgan fingerprint density at radius 2 is 1.97 bits per heavy atom. The quantitative estimate of drug-likeness (QED) is 0.594. The Morgan fingerprint density at radius 1 is 1.14 bits per heavy atom. The molecule has 1 saturated heterocycles. The molecule has 2 aliphatic rings. The van der Waals surface area contributed by atoms with Crippen molar-refractivity contribution in [2.75, 3.05) is 46.4 Å². The molecule has 6 nitrogen and oxygen atoms in total. The molecule has 0 atom stereocenters. The van der Waals surface area contributed by atoms with Gasteiger partial charge >= 0.3 is 6.61 Å². The summed E-state index contributed by atoms with van der Waals surface area (Å²) in [6, 6.07) is 4.65. The molecule has 0 aromatic heterocycles. The molecule has 0 N–H and O–H groups in total. The summed E-state index contributed by atoms with van der Waals surface area (Å²) in [5.74, 6) is 0.0968. The van der Waals surface area contributed by atoms with Crippen molar-refractivity contribution in [3.63, 3.8) is 0 Å². The first kappa shape index (κ1) is 22.1. The van der Waals surface area contributed by atoms with Crippen molar-refractivity contribution < 1.29 is 26.7 Å². The fraction of sp³-hybridized carbons (Fsp3) is 0.600. The predicted octanol–water partition coefficient (Wildman–Crippen LogP) is 2.95. The van der Waals surface area contributed by atoms with E-state index in [1.807, 2.05) is 0 Å². The highest BCUT2D eigenvalue weighted by Gasteiger charge is 2.30. The molecule has 0 spiro atoms. The van der Waals surface area contributed by atoms with E-state index in [0.717, 1.165) is 37.1 Å². The van der Waals surface area contributed by atoms with Gasteiger partial charge < -0.3 is 14.4 Å². The minimum Gasteiger partial charge on any atom is -0.435 e. The van der Waals surface area contributed by atoms with Crippen molar-refractivity contribution in [3.8, 4) is 5.75 Å². The summed E-state index contributed by atoms with van der Waals surface area (Å²) < 4.78 is 62.2. The number of benzene rings is 1. The third kappa shape index (κ3) is 5.75. The molecule has 1 fully saturated rings. The average molecular weight is 431 g/mol. The van der Waals surface area contributed by atoms with Crippen LogP contribution in [0.3, 0.4) is 0 Å². The Kier molecular flexibility index (Phi) is 7.61. The van der Waals surface area contributed by atoms with Crippen LogP contribution in [-0.4, -0.2) is 70.7 Å². The number of rotatable bonds is 8. The maximum absolute atomic E-state index is 13.2. The lowest BCUT2D eigenvalue weighted by atomic mass is 9.97. The number of halogens is 2. The van der Waals surface area contributed by atoms with Gasteiger partial charge in [0.2, 0.25) is 10.0 Å². The Balaban J connectivity index is 1.69. The Morgan fingerprint density at radius 3 is 2.72 bits per heavy atom. The van der Waals surface area contributed by atoms with Gasteiger partial charge in [-0.3, -0.25) is 0 Å². The summed E-state index contributed by atoms with van der Waals surface area (Å²) in [5.41, 5.74) is 1.56. The normalized spacial score (nSPS) is 19.0. The fourth-order valence-corrected chi connectivity index (χ4v) is 5.49. The number of hydrogen-bond acceptors (Lipinski definition) is 5. The Labute approximate surface area is 171 Å². The number of fused-ring (bicyclic) bond motifs is 1. The van der Waals surface area contributed by atoms with Gasteiger partial charge in [-0.15, -0.1) is 0 Å². The summed E-state index contributed by atoms with van der Waals surface area (Å²) in [5, 5.41) is 0. The number of nitrogens with zero attached hydrogens (tertiary/aromatic N) is 2. The van der Waals surface area contributed by atoms with Gasteiger partial charge in [-0.25, -0.2) is 8.42 Å². The molecule has 1 aromatic carbocycles. The molecule has 1 aromatic rings. The highest BCUT2D eigenvalue weighted by molar-refractivity contribution is 7.93. The van der Waals surface area contributed by atoms with Crippen molar-refractivity contribution in [1.29, 1.82) is 0 Å². The molecule has 0 bridgehead atoms. The number of methoxy groups -OCH3 is 1. The van der Waals surface area contributed by atoms with Gasteiger partial charge in [0.25, 0.3) is 0 Å². The highest BCUT2D eigenvalue weighted by atomic mass is 32.2. The van der Waals surface area contributed by atoms with Crippen molar-refractivity contribution in [2.45, 2.75) is 32.3 Å². The van der Waals surface area contributed by atoms with Crippen LogP contribution in [0, 0.1) is 0 Å². The van der Waals surface area contributed by atoms with E-state index < -0.39 is 16.6 Å². The molecular weight excluding hydrogens is 402 g/mol. The van der Waals surface area contributed by atoms with Crippen molar-refractivity contribution in [3.05, 3.63) is 34.2 Å². The number of hydrogen-bond donors (Lipinski definition) is 0. The van der Waals surface area contributed by atoms with Gasteiger partial charge in [0.05, 0.1) is 4.91 Å². The van der Waals surface area contributed by atoms with E-state index >= 15 is 0 Å². The molecule has 0 unspecified atom stereocenters. The molecule has 162 valence electrons. The standard InChI is InChI=1S/C20H28F2N2O4S/c1-27-13-3-9-23-8-2-10-24(12-11-23)29(25,26)19-7-5-16-14-18(28-20(21)22)6-4-17(16)15-19/h4,6,14-15,20H,2-3,5,7-13H2,1H3. The first-order valence-electron chi connectivity index (χ1n) is 9.90. The summed E-state index contributed by atoms with van der Waals surface area (Å²) in [7, 11) is -1.86. The van der Waals surface area contributed by atoms with Gasteiger partial charge in [-0.05, 0) is 61.6 Å². The summed E-state index contributed by atoms with van der Waals surface area (Å²) >= 11 is 0. The van der Waals surface area contributed by atoms with Crippen LogP contribution in [0.2, 0.25) is 0 Å². The first-order chi connectivity index (χ1) is 13.9. The van der Waals surface area contributed by atoms with Crippen LogP contribution in [0.25, 0.3) is 6.08 Å². The van der Waals surface area contributed by atoms with E-state index in [1.54, 1.807) is 29.6 Å². The zero-order valence-corrected chi connectivity index (χ0v) is 17.5. The van der Waals surface area contributed by atoms with Gasteiger partial charge in [-0.1, -0.05) is 6.07 Å². The van der Waals surface area contributed by atoms with Crippen molar-refractivity contribution in [1.82, 2.24) is 9.21 Å². The molecule has 3 rings (SSSR count). The van der Waals surface area contributed by atoms with E-state index in [2.05, 4.69) is 9.64 Å². The zero-order chi connectivity index (χ0) is 20.9. The topological polar surface area (TPSA) is 59.1 Å². The van der Waals surface area contributed by atoms with Crippen LogP contribution in [0.15, 0.2) is 23.1 Å². The van der Waals surface area contributed by atoms with Gasteiger partial charge in [0.15, 0.2) is 0 Å². The van der Waals surface area contributed by atoms with E-state index in [4.69, 9.17) is 4.74 Å². The Bertz CT molecular complexity index is 830. The molecule has 1 heterocycles. The van der Waals surface area contributed by atoms with Gasteiger partial charge in [0.1, 0.15) is 5.75 Å². The van der Waals surface area contributed by atoms with E-state index in [9.17, 15) is 17.2 Å². The fourth-order valence-electron chi connectivity index (χ4n) is 3.83. The number of alkyl halides is 2. The van der Waals surface area contributed by atoms with Crippen molar-refractivity contribution >= 4 is 16.1 Å². The molecule has 1 aliphatic carbocycles. The minimum absolute atomic E-state index is 0.0968. The van der Waals surface area contributed by atoms with Crippen molar-refractivity contribution in [2.24, 2.45) is 0 Å². The average Bonchev–Trinajstić information content (AvgIpc) is 2.93. The minimum atomic E-state index is -3.54. The maximum Gasteiger partial charge on any atom is 0.387 e. The molecule has 0 amide bonds. The lowest BCUT2D eigenvalue weighted by molar-refractivity contribution is -0.0498. The van der Waals surface area contributed by atoms with Gasteiger partial charge in [0, 0.05) is 39.9 Å². The van der Waals surface area contributed by atoms with E-state index in [-0.39, 0.29) is 5.75 Å². The second-order valence-electron chi connectivity index (χ2n) is 7.30. The van der Waals surface area contributed by atoms with Crippen LogP contribution in [0.5, 0.6) is 5.75 Å². The van der Waals surface area contributed by atoms with Crippen LogP contribution < -0.4 is 4.74 Å². The molecular formula is C20H28F2N2O4S. The summed E-state index contributed by atoms with van der Waals surface area (Å²) in [6.07, 6.45) is 4.24. The van der Waals surface area contributed by atoms with Crippen LogP contribution in [-0.2, 0) is 21.2 Å². The second kappa shape index (κ2) is 9.97. The number of allylic oxidation sites excluding steroid dienone is 1. The molecule has 1 aliphatic heterocycles. The number of ether oxygens (including phenoxy) is 2. The SMILES string of the molecule is COCCCN1CCCN(S(=O)(=O)C2=Cc3ccc(OC(F)F)cc3CC2)CC1. The smallest absolute Gasteiger partial charge is 0.387 e. The van der Waals surface area contributed by atoms with E-state index in [1.165, 1.54) is 6.07 Å². The number of sulfonamides is 1. The number of aryl methyl sites for hydroxylation is 1. The Hall–Kier alpha value is -1.55. The summed E-state index contributed by atoms with van der Waals surface area (Å²) in [4.78, 5) is 2.67. The highest BCUT2D eigenvalue weighted by Crippen LogP contribution is 2.31.